The summed E-state index contributed by atoms with van der Waals surface area (Å²) in [5.41, 5.74) is 1.86. The SMILES string of the molecule is CCOC(=O)c1cnn(-c2ccccc2)c1NC(=O)C1CC(=O)N(Cc2ccccc2)C1. The number of carbonyl (C=O) groups is 3. The predicted octanol–water partition coefficient (Wildman–Crippen LogP) is 3.04. The largest absolute Gasteiger partial charge is 0.462 e. The Morgan fingerprint density at radius 2 is 1.78 bits per heavy atom. The average Bonchev–Trinajstić information content (AvgIpc) is 3.39. The van der Waals surface area contributed by atoms with Crippen molar-refractivity contribution in [1.29, 1.82) is 0 Å². The highest BCUT2D eigenvalue weighted by molar-refractivity contribution is 6.02. The molecule has 0 saturated carbocycles. The average molecular weight is 432 g/mol. The molecular formula is C24H24N4O4. The van der Waals surface area contributed by atoms with E-state index in [1.165, 1.54) is 10.9 Å². The Hall–Kier alpha value is -3.94. The molecule has 1 unspecified atom stereocenters. The zero-order valence-electron chi connectivity index (χ0n) is 17.7. The molecule has 8 heteroatoms. The minimum atomic E-state index is -0.571. The maximum absolute atomic E-state index is 13.1. The standard InChI is InChI=1S/C24H24N4O4/c1-2-32-24(31)20-14-25-28(19-11-7-4-8-12-19)22(20)26-23(30)18-13-21(29)27(16-18)15-17-9-5-3-6-10-17/h3-12,14,18H,2,13,15-16H2,1H3,(H,26,30). The Morgan fingerprint density at radius 1 is 1.09 bits per heavy atom. The Bertz CT molecular complexity index is 1110. The van der Waals surface area contributed by atoms with E-state index in [-0.39, 0.29) is 36.2 Å². The van der Waals surface area contributed by atoms with Crippen molar-refractivity contribution >= 4 is 23.6 Å². The second-order valence-electron chi connectivity index (χ2n) is 7.52. The predicted molar refractivity (Wildman–Crippen MR) is 118 cm³/mol. The molecule has 2 heterocycles. The van der Waals surface area contributed by atoms with Gasteiger partial charge in [-0.15, -0.1) is 0 Å². The number of benzene rings is 2. The third kappa shape index (κ3) is 4.54. The number of aromatic nitrogens is 2. The lowest BCUT2D eigenvalue weighted by molar-refractivity contribution is -0.128. The molecule has 0 spiro atoms. The zero-order chi connectivity index (χ0) is 22.5. The molecule has 1 atom stereocenters. The molecule has 8 nitrogen and oxygen atoms in total. The van der Waals surface area contributed by atoms with Crippen LogP contribution < -0.4 is 5.32 Å². The van der Waals surface area contributed by atoms with Crippen molar-refractivity contribution in [2.24, 2.45) is 5.92 Å². The summed E-state index contributed by atoms with van der Waals surface area (Å²) < 4.78 is 6.61. The van der Waals surface area contributed by atoms with E-state index in [2.05, 4.69) is 10.4 Å². The van der Waals surface area contributed by atoms with Crippen molar-refractivity contribution in [2.45, 2.75) is 19.9 Å². The molecule has 4 rings (SSSR count). The van der Waals surface area contributed by atoms with Crippen molar-refractivity contribution in [3.63, 3.8) is 0 Å². The summed E-state index contributed by atoms with van der Waals surface area (Å²) in [4.78, 5) is 39.7. The lowest BCUT2D eigenvalue weighted by Gasteiger charge is -2.17. The van der Waals surface area contributed by atoms with Gasteiger partial charge in [-0.2, -0.15) is 5.10 Å². The Kier molecular flexibility index (Phi) is 6.30. The number of hydrogen-bond acceptors (Lipinski definition) is 5. The third-order valence-electron chi connectivity index (χ3n) is 5.31. The van der Waals surface area contributed by atoms with Crippen molar-refractivity contribution in [3.05, 3.63) is 78.0 Å². The van der Waals surface area contributed by atoms with E-state index in [0.717, 1.165) is 5.56 Å². The molecule has 0 aliphatic carbocycles. The lowest BCUT2D eigenvalue weighted by atomic mass is 10.1. The Balaban J connectivity index is 1.54. The third-order valence-corrected chi connectivity index (χ3v) is 5.31. The molecule has 1 aliphatic rings. The number of amides is 2. The van der Waals surface area contributed by atoms with Crippen LogP contribution in [0.4, 0.5) is 5.82 Å². The number of hydrogen-bond donors (Lipinski definition) is 1. The number of carbonyl (C=O) groups excluding carboxylic acids is 3. The van der Waals surface area contributed by atoms with Gasteiger partial charge in [-0.3, -0.25) is 9.59 Å². The number of likely N-dealkylation sites (tertiary alicyclic amines) is 1. The number of nitrogens with zero attached hydrogens (tertiary/aromatic N) is 3. The quantitative estimate of drug-likeness (QED) is 0.579. The fraction of sp³-hybridized carbons (Fsp3) is 0.250. The van der Waals surface area contributed by atoms with E-state index < -0.39 is 11.9 Å². The Morgan fingerprint density at radius 3 is 2.47 bits per heavy atom. The van der Waals surface area contributed by atoms with Gasteiger partial charge in [0.2, 0.25) is 11.8 Å². The number of rotatable bonds is 7. The van der Waals surface area contributed by atoms with Crippen LogP contribution in [0.1, 0.15) is 29.3 Å². The molecule has 1 aromatic heterocycles. The first kappa shape index (κ1) is 21.3. The minimum Gasteiger partial charge on any atom is -0.462 e. The first-order valence-electron chi connectivity index (χ1n) is 10.5. The zero-order valence-corrected chi connectivity index (χ0v) is 17.7. The van der Waals surface area contributed by atoms with Gasteiger partial charge in [0.05, 0.1) is 24.4 Å². The topological polar surface area (TPSA) is 93.5 Å². The van der Waals surface area contributed by atoms with Gasteiger partial charge in [-0.1, -0.05) is 48.5 Å². The fourth-order valence-corrected chi connectivity index (χ4v) is 3.72. The van der Waals surface area contributed by atoms with E-state index >= 15 is 0 Å². The molecule has 1 N–H and O–H groups in total. The smallest absolute Gasteiger partial charge is 0.343 e. The number of anilines is 1. The summed E-state index contributed by atoms with van der Waals surface area (Å²) in [7, 11) is 0. The van der Waals surface area contributed by atoms with Gasteiger partial charge in [0, 0.05) is 19.5 Å². The molecular weight excluding hydrogens is 408 g/mol. The molecule has 164 valence electrons. The van der Waals surface area contributed by atoms with Crippen molar-refractivity contribution < 1.29 is 19.1 Å². The second kappa shape index (κ2) is 9.47. The van der Waals surface area contributed by atoms with Crippen molar-refractivity contribution in [2.75, 3.05) is 18.5 Å². The number of para-hydroxylation sites is 1. The van der Waals surface area contributed by atoms with Crippen LogP contribution in [0.25, 0.3) is 5.69 Å². The van der Waals surface area contributed by atoms with Gasteiger partial charge >= 0.3 is 5.97 Å². The lowest BCUT2D eigenvalue weighted by Crippen LogP contribution is -2.29. The molecule has 1 aliphatic heterocycles. The molecule has 1 saturated heterocycles. The molecule has 1 fully saturated rings. The van der Waals surface area contributed by atoms with Crippen LogP contribution in [0.3, 0.4) is 0 Å². The van der Waals surface area contributed by atoms with Crippen LogP contribution in [0.5, 0.6) is 0 Å². The van der Waals surface area contributed by atoms with Crippen molar-refractivity contribution in [3.8, 4) is 5.69 Å². The van der Waals surface area contributed by atoms with Crippen LogP contribution >= 0.6 is 0 Å². The first-order chi connectivity index (χ1) is 15.6. The highest BCUT2D eigenvalue weighted by Gasteiger charge is 2.35. The molecule has 3 aromatic rings. The van der Waals surface area contributed by atoms with Gasteiger partial charge in [0.15, 0.2) is 5.82 Å². The second-order valence-corrected chi connectivity index (χ2v) is 7.52. The Labute approximate surface area is 185 Å². The highest BCUT2D eigenvalue weighted by Crippen LogP contribution is 2.25. The number of ether oxygens (including phenoxy) is 1. The molecule has 32 heavy (non-hydrogen) atoms. The van der Waals surface area contributed by atoms with Gasteiger partial charge in [0.25, 0.3) is 0 Å². The van der Waals surface area contributed by atoms with Gasteiger partial charge in [0.1, 0.15) is 5.56 Å². The van der Waals surface area contributed by atoms with Crippen molar-refractivity contribution in [1.82, 2.24) is 14.7 Å². The summed E-state index contributed by atoms with van der Waals surface area (Å²) in [5, 5.41) is 7.10. The number of esters is 1. The maximum Gasteiger partial charge on any atom is 0.343 e. The van der Waals surface area contributed by atoms with Crippen LogP contribution in [0.2, 0.25) is 0 Å². The van der Waals surface area contributed by atoms with E-state index in [4.69, 9.17) is 4.74 Å². The van der Waals surface area contributed by atoms with Gasteiger partial charge < -0.3 is 15.0 Å². The molecule has 0 bridgehead atoms. The van der Waals surface area contributed by atoms with Crippen LogP contribution in [0, 0.1) is 5.92 Å². The van der Waals surface area contributed by atoms with Gasteiger partial charge in [-0.05, 0) is 24.6 Å². The van der Waals surface area contributed by atoms with Crippen LogP contribution in [-0.2, 0) is 20.9 Å². The normalized spacial score (nSPS) is 15.6. The van der Waals surface area contributed by atoms with E-state index in [1.54, 1.807) is 11.8 Å². The summed E-state index contributed by atoms with van der Waals surface area (Å²) in [6.45, 7) is 2.69. The highest BCUT2D eigenvalue weighted by atomic mass is 16.5. The van der Waals surface area contributed by atoms with E-state index in [1.807, 2.05) is 60.7 Å². The molecule has 2 aromatic carbocycles. The summed E-state index contributed by atoms with van der Waals surface area (Å²) in [6.07, 6.45) is 1.50. The van der Waals surface area contributed by atoms with Crippen LogP contribution in [0.15, 0.2) is 66.9 Å². The molecule has 0 radical (unpaired) electrons. The molecule has 2 amide bonds. The first-order valence-corrected chi connectivity index (χ1v) is 10.5. The van der Waals surface area contributed by atoms with E-state index in [0.29, 0.717) is 18.8 Å². The van der Waals surface area contributed by atoms with Crippen LogP contribution in [-0.4, -0.2) is 45.6 Å². The van der Waals surface area contributed by atoms with E-state index in [9.17, 15) is 14.4 Å². The summed E-state index contributed by atoms with van der Waals surface area (Å²) in [6, 6.07) is 18.8. The number of nitrogens with one attached hydrogen (secondary N) is 1. The minimum absolute atomic E-state index is 0.0730. The monoisotopic (exact) mass is 432 g/mol. The fourth-order valence-electron chi connectivity index (χ4n) is 3.72. The summed E-state index contributed by atoms with van der Waals surface area (Å²) >= 11 is 0. The van der Waals surface area contributed by atoms with Gasteiger partial charge in [-0.25, -0.2) is 9.48 Å². The maximum atomic E-state index is 13.1. The summed E-state index contributed by atoms with van der Waals surface area (Å²) in [5.74, 6) is -1.28.